The Morgan fingerprint density at radius 1 is 1.28 bits per heavy atom. The molecule has 0 radical (unpaired) electrons. The molecule has 1 aromatic heterocycles. The zero-order valence-electron chi connectivity index (χ0n) is 10.4. The van der Waals surface area contributed by atoms with Crippen LogP contribution < -0.4 is 4.90 Å². The first-order valence-electron chi connectivity index (χ1n) is 5.64. The first-order valence-corrected chi connectivity index (χ1v) is 6.02. The molecule has 0 amide bonds. The predicted octanol–water partition coefficient (Wildman–Crippen LogP) is 3.77. The SMILES string of the molecule is CCC(CC)N(C)c1cc(C(F)(F)F)nc(Cl)n1. The summed E-state index contributed by atoms with van der Waals surface area (Å²) in [5.74, 6) is 0.191. The molecule has 0 bridgehead atoms. The fourth-order valence-corrected chi connectivity index (χ4v) is 1.93. The minimum Gasteiger partial charge on any atom is -0.357 e. The van der Waals surface area contributed by atoms with Crippen molar-refractivity contribution in [2.75, 3.05) is 11.9 Å². The molecule has 0 aromatic carbocycles. The Kier molecular flexibility index (Phi) is 4.78. The van der Waals surface area contributed by atoms with Crippen molar-refractivity contribution in [2.24, 2.45) is 0 Å². The lowest BCUT2D eigenvalue weighted by molar-refractivity contribution is -0.141. The number of rotatable bonds is 4. The zero-order chi connectivity index (χ0) is 13.9. The van der Waals surface area contributed by atoms with Crippen LogP contribution in [-0.2, 0) is 6.18 Å². The van der Waals surface area contributed by atoms with Gasteiger partial charge in [-0.3, -0.25) is 0 Å². The number of hydrogen-bond acceptors (Lipinski definition) is 3. The molecule has 3 nitrogen and oxygen atoms in total. The normalized spacial score (nSPS) is 12.0. The Balaban J connectivity index is 3.13. The van der Waals surface area contributed by atoms with Crippen LogP contribution in [0.1, 0.15) is 32.4 Å². The summed E-state index contributed by atoms with van der Waals surface area (Å²) in [6.45, 7) is 3.94. The highest BCUT2D eigenvalue weighted by molar-refractivity contribution is 6.28. The van der Waals surface area contributed by atoms with Gasteiger partial charge in [0.2, 0.25) is 5.28 Å². The summed E-state index contributed by atoms with van der Waals surface area (Å²) in [6, 6.07) is 1.04. The van der Waals surface area contributed by atoms with Crippen molar-refractivity contribution in [3.05, 3.63) is 17.0 Å². The minimum atomic E-state index is -4.52. The fourth-order valence-electron chi connectivity index (χ4n) is 1.76. The Labute approximate surface area is 109 Å². The van der Waals surface area contributed by atoms with Crippen molar-refractivity contribution < 1.29 is 13.2 Å². The third-order valence-corrected chi connectivity index (χ3v) is 3.00. The number of hydrogen-bond donors (Lipinski definition) is 0. The molecule has 0 saturated carbocycles. The molecule has 1 rings (SSSR count). The van der Waals surface area contributed by atoms with E-state index in [9.17, 15) is 13.2 Å². The van der Waals surface area contributed by atoms with E-state index in [4.69, 9.17) is 11.6 Å². The van der Waals surface area contributed by atoms with E-state index in [0.717, 1.165) is 18.9 Å². The van der Waals surface area contributed by atoms with E-state index >= 15 is 0 Å². The van der Waals surface area contributed by atoms with Gasteiger partial charge < -0.3 is 4.90 Å². The van der Waals surface area contributed by atoms with Crippen LogP contribution in [0.4, 0.5) is 19.0 Å². The van der Waals surface area contributed by atoms with E-state index < -0.39 is 17.2 Å². The molecule has 0 unspecified atom stereocenters. The number of anilines is 1. The van der Waals surface area contributed by atoms with Crippen LogP contribution >= 0.6 is 11.6 Å². The molecule has 0 aliphatic carbocycles. The van der Waals surface area contributed by atoms with Gasteiger partial charge in [-0.05, 0) is 24.4 Å². The van der Waals surface area contributed by atoms with Crippen LogP contribution in [0, 0.1) is 0 Å². The zero-order valence-corrected chi connectivity index (χ0v) is 11.2. The van der Waals surface area contributed by atoms with Gasteiger partial charge in [0.05, 0.1) is 0 Å². The number of halogens is 4. The summed E-state index contributed by atoms with van der Waals surface area (Å²) in [5, 5.41) is -0.391. The summed E-state index contributed by atoms with van der Waals surface area (Å²) in [5.41, 5.74) is -1.02. The molecular formula is C11H15ClF3N3. The molecule has 7 heteroatoms. The highest BCUT2D eigenvalue weighted by Crippen LogP contribution is 2.30. The maximum absolute atomic E-state index is 12.6. The van der Waals surface area contributed by atoms with E-state index in [0.29, 0.717) is 0 Å². The number of aromatic nitrogens is 2. The van der Waals surface area contributed by atoms with E-state index in [1.807, 2.05) is 13.8 Å². The Hall–Kier alpha value is -1.04. The van der Waals surface area contributed by atoms with Gasteiger partial charge in [-0.15, -0.1) is 0 Å². The summed E-state index contributed by atoms with van der Waals surface area (Å²) in [7, 11) is 1.70. The van der Waals surface area contributed by atoms with Gasteiger partial charge in [0, 0.05) is 19.2 Å². The molecular weight excluding hydrogens is 267 g/mol. The predicted molar refractivity (Wildman–Crippen MR) is 64.8 cm³/mol. The van der Waals surface area contributed by atoms with E-state index in [-0.39, 0.29) is 11.9 Å². The maximum Gasteiger partial charge on any atom is 0.433 e. The number of alkyl halides is 3. The maximum atomic E-state index is 12.6. The Bertz CT molecular complexity index is 405. The van der Waals surface area contributed by atoms with Crippen LogP contribution in [0.3, 0.4) is 0 Å². The average molecular weight is 282 g/mol. The van der Waals surface area contributed by atoms with Crippen molar-refractivity contribution >= 4 is 17.4 Å². The molecule has 0 aliphatic heterocycles. The summed E-state index contributed by atoms with van der Waals surface area (Å²) >= 11 is 5.54. The lowest BCUT2D eigenvalue weighted by atomic mass is 10.1. The highest BCUT2D eigenvalue weighted by atomic mass is 35.5. The topological polar surface area (TPSA) is 29.0 Å². The molecule has 0 N–H and O–H groups in total. The molecule has 102 valence electrons. The average Bonchev–Trinajstić information content (AvgIpc) is 2.28. The van der Waals surface area contributed by atoms with Gasteiger partial charge >= 0.3 is 6.18 Å². The minimum absolute atomic E-state index is 0.122. The highest BCUT2D eigenvalue weighted by Gasteiger charge is 2.34. The van der Waals surface area contributed by atoms with Gasteiger partial charge in [-0.2, -0.15) is 13.2 Å². The molecule has 18 heavy (non-hydrogen) atoms. The van der Waals surface area contributed by atoms with E-state index in [1.165, 1.54) is 0 Å². The monoisotopic (exact) mass is 281 g/mol. The standard InChI is InChI=1S/C11H15ClF3N3/c1-4-7(5-2)18(3)9-6-8(11(13,14)15)16-10(12)17-9/h6-7H,4-5H2,1-3H3. The van der Waals surface area contributed by atoms with Gasteiger partial charge in [-0.25, -0.2) is 9.97 Å². The first-order chi connectivity index (χ1) is 8.29. The lowest BCUT2D eigenvalue weighted by Gasteiger charge is -2.27. The van der Waals surface area contributed by atoms with Crippen molar-refractivity contribution in [3.8, 4) is 0 Å². The second kappa shape index (κ2) is 5.73. The Morgan fingerprint density at radius 2 is 1.83 bits per heavy atom. The quantitative estimate of drug-likeness (QED) is 0.787. The van der Waals surface area contributed by atoms with Crippen LogP contribution in [-0.4, -0.2) is 23.1 Å². The van der Waals surface area contributed by atoms with Crippen LogP contribution in [0.5, 0.6) is 0 Å². The first kappa shape index (κ1) is 15.0. The van der Waals surface area contributed by atoms with E-state index in [1.54, 1.807) is 11.9 Å². The fraction of sp³-hybridized carbons (Fsp3) is 0.636. The molecule has 1 heterocycles. The van der Waals surface area contributed by atoms with Crippen LogP contribution in [0.25, 0.3) is 0 Å². The summed E-state index contributed by atoms with van der Waals surface area (Å²) in [6.07, 6.45) is -2.89. The third-order valence-electron chi connectivity index (χ3n) is 2.83. The van der Waals surface area contributed by atoms with Crippen molar-refractivity contribution in [1.82, 2.24) is 9.97 Å². The van der Waals surface area contributed by atoms with Crippen LogP contribution in [0.15, 0.2) is 6.07 Å². The Morgan fingerprint density at radius 3 is 2.28 bits per heavy atom. The molecule has 0 atom stereocenters. The van der Waals surface area contributed by atoms with Crippen LogP contribution in [0.2, 0.25) is 5.28 Å². The van der Waals surface area contributed by atoms with E-state index in [2.05, 4.69) is 9.97 Å². The van der Waals surface area contributed by atoms with Crippen molar-refractivity contribution in [3.63, 3.8) is 0 Å². The van der Waals surface area contributed by atoms with Crippen molar-refractivity contribution in [1.29, 1.82) is 0 Å². The van der Waals surface area contributed by atoms with Gasteiger partial charge in [-0.1, -0.05) is 13.8 Å². The molecule has 0 fully saturated rings. The molecule has 1 aromatic rings. The smallest absolute Gasteiger partial charge is 0.357 e. The third kappa shape index (κ3) is 3.48. The molecule has 0 saturated heterocycles. The van der Waals surface area contributed by atoms with Gasteiger partial charge in [0.25, 0.3) is 0 Å². The lowest BCUT2D eigenvalue weighted by Crippen LogP contribution is -2.31. The second-order valence-corrected chi connectivity index (χ2v) is 4.30. The number of nitrogens with zero attached hydrogens (tertiary/aromatic N) is 3. The summed E-state index contributed by atoms with van der Waals surface area (Å²) in [4.78, 5) is 8.74. The molecule has 0 aliphatic rings. The van der Waals surface area contributed by atoms with Crippen molar-refractivity contribution in [2.45, 2.75) is 38.9 Å². The summed E-state index contributed by atoms with van der Waals surface area (Å²) < 4.78 is 37.8. The largest absolute Gasteiger partial charge is 0.433 e. The second-order valence-electron chi connectivity index (χ2n) is 3.96. The van der Waals surface area contributed by atoms with Gasteiger partial charge in [0.15, 0.2) is 5.69 Å². The molecule has 0 spiro atoms. The van der Waals surface area contributed by atoms with Gasteiger partial charge in [0.1, 0.15) is 5.82 Å².